The Bertz CT molecular complexity index is 504. The molecule has 3 N–H and O–H groups in total. The number of hydrogen-bond donors (Lipinski definition) is 2. The number of anilines is 1. The van der Waals surface area contributed by atoms with Crippen molar-refractivity contribution in [1.29, 1.82) is 0 Å². The minimum atomic E-state index is -0.970. The standard InChI is InChI=1S/C12H13ClN2O3/c13-8-6-7(3-4-9(8)14)11(16)15-5-1-2-10(15)12(17)18/h3-4,6,10H,1-2,5,14H2,(H,17,18)/t10-/m1/s1. The Labute approximate surface area is 109 Å². The first-order valence-electron chi connectivity index (χ1n) is 5.59. The second-order valence-corrected chi connectivity index (χ2v) is 4.64. The fourth-order valence-electron chi connectivity index (χ4n) is 2.09. The van der Waals surface area contributed by atoms with E-state index in [0.717, 1.165) is 0 Å². The van der Waals surface area contributed by atoms with Crippen molar-refractivity contribution in [3.05, 3.63) is 28.8 Å². The van der Waals surface area contributed by atoms with Crippen molar-refractivity contribution in [2.75, 3.05) is 12.3 Å². The predicted molar refractivity (Wildman–Crippen MR) is 67.6 cm³/mol. The number of carboxylic acids is 1. The Hall–Kier alpha value is -1.75. The number of nitrogen functional groups attached to an aromatic ring is 1. The number of rotatable bonds is 2. The van der Waals surface area contributed by atoms with Gasteiger partial charge in [0.2, 0.25) is 0 Å². The summed E-state index contributed by atoms with van der Waals surface area (Å²) < 4.78 is 0. The molecule has 0 bridgehead atoms. The van der Waals surface area contributed by atoms with E-state index in [2.05, 4.69) is 0 Å². The van der Waals surface area contributed by atoms with Crippen LogP contribution in [-0.4, -0.2) is 34.5 Å². The SMILES string of the molecule is Nc1ccc(C(=O)N2CCC[C@@H]2C(=O)O)cc1Cl. The smallest absolute Gasteiger partial charge is 0.326 e. The van der Waals surface area contributed by atoms with Crippen molar-refractivity contribution in [2.24, 2.45) is 0 Å². The quantitative estimate of drug-likeness (QED) is 0.798. The Kier molecular flexibility index (Phi) is 3.43. The van der Waals surface area contributed by atoms with Gasteiger partial charge in [0.1, 0.15) is 6.04 Å². The first kappa shape index (κ1) is 12.7. The first-order chi connectivity index (χ1) is 8.50. The lowest BCUT2D eigenvalue weighted by molar-refractivity contribution is -0.141. The largest absolute Gasteiger partial charge is 0.480 e. The van der Waals surface area contributed by atoms with Crippen molar-refractivity contribution in [1.82, 2.24) is 4.90 Å². The van der Waals surface area contributed by atoms with Crippen LogP contribution in [0.2, 0.25) is 5.02 Å². The summed E-state index contributed by atoms with van der Waals surface area (Å²) in [4.78, 5) is 24.6. The van der Waals surface area contributed by atoms with E-state index in [4.69, 9.17) is 22.4 Å². The summed E-state index contributed by atoms with van der Waals surface area (Å²) in [5.41, 5.74) is 6.32. The van der Waals surface area contributed by atoms with Gasteiger partial charge in [0.15, 0.2) is 0 Å². The van der Waals surface area contributed by atoms with Gasteiger partial charge in [0, 0.05) is 12.1 Å². The number of carbonyl (C=O) groups is 2. The van der Waals surface area contributed by atoms with Gasteiger partial charge in [-0.15, -0.1) is 0 Å². The van der Waals surface area contributed by atoms with Crippen molar-refractivity contribution in [3.8, 4) is 0 Å². The molecule has 1 amide bonds. The highest BCUT2D eigenvalue weighted by Gasteiger charge is 2.34. The molecule has 1 atom stereocenters. The number of hydrogen-bond acceptors (Lipinski definition) is 3. The van der Waals surface area contributed by atoms with Gasteiger partial charge in [-0.25, -0.2) is 4.79 Å². The van der Waals surface area contributed by atoms with Crippen molar-refractivity contribution >= 4 is 29.2 Å². The molecule has 0 spiro atoms. The van der Waals surface area contributed by atoms with Crippen LogP contribution in [0.5, 0.6) is 0 Å². The van der Waals surface area contributed by atoms with Gasteiger partial charge in [-0.05, 0) is 31.0 Å². The summed E-state index contributed by atoms with van der Waals surface area (Å²) >= 11 is 5.85. The molecule has 1 heterocycles. The van der Waals surface area contributed by atoms with Gasteiger partial charge in [-0.1, -0.05) is 11.6 Å². The topological polar surface area (TPSA) is 83.6 Å². The summed E-state index contributed by atoms with van der Waals surface area (Å²) in [5, 5.41) is 9.34. The monoisotopic (exact) mass is 268 g/mol. The maximum atomic E-state index is 12.2. The Morgan fingerprint density at radius 2 is 2.17 bits per heavy atom. The van der Waals surface area contributed by atoms with Crippen LogP contribution < -0.4 is 5.73 Å². The number of amides is 1. The van der Waals surface area contributed by atoms with Crippen LogP contribution in [0.3, 0.4) is 0 Å². The fourth-order valence-corrected chi connectivity index (χ4v) is 2.27. The normalized spacial score (nSPS) is 18.9. The number of aliphatic carboxylic acids is 1. The number of benzene rings is 1. The molecule has 5 nitrogen and oxygen atoms in total. The zero-order chi connectivity index (χ0) is 13.3. The molecule has 1 aromatic carbocycles. The van der Waals surface area contributed by atoms with E-state index in [0.29, 0.717) is 35.7 Å². The highest BCUT2D eigenvalue weighted by atomic mass is 35.5. The lowest BCUT2D eigenvalue weighted by atomic mass is 10.1. The van der Waals surface area contributed by atoms with Crippen LogP contribution >= 0.6 is 11.6 Å². The molecule has 0 saturated carbocycles. The zero-order valence-electron chi connectivity index (χ0n) is 9.60. The summed E-state index contributed by atoms with van der Waals surface area (Å²) in [5.74, 6) is -1.29. The fraction of sp³-hybridized carbons (Fsp3) is 0.333. The average Bonchev–Trinajstić information content (AvgIpc) is 2.81. The number of halogens is 1. The minimum absolute atomic E-state index is 0.298. The highest BCUT2D eigenvalue weighted by molar-refractivity contribution is 6.33. The van der Waals surface area contributed by atoms with Gasteiger partial charge < -0.3 is 15.7 Å². The predicted octanol–water partition coefficient (Wildman–Crippen LogP) is 1.61. The Balaban J connectivity index is 2.25. The van der Waals surface area contributed by atoms with Crippen LogP contribution in [0.15, 0.2) is 18.2 Å². The number of nitrogens with two attached hydrogens (primary N) is 1. The molecule has 1 aromatic rings. The molecule has 0 aromatic heterocycles. The van der Waals surface area contributed by atoms with E-state index >= 15 is 0 Å². The van der Waals surface area contributed by atoms with Crippen LogP contribution in [0.25, 0.3) is 0 Å². The zero-order valence-corrected chi connectivity index (χ0v) is 10.4. The molecule has 1 aliphatic rings. The molecule has 2 rings (SSSR count). The first-order valence-corrected chi connectivity index (χ1v) is 5.97. The second-order valence-electron chi connectivity index (χ2n) is 4.23. The lowest BCUT2D eigenvalue weighted by Crippen LogP contribution is -2.40. The number of carbonyl (C=O) groups excluding carboxylic acids is 1. The third-order valence-corrected chi connectivity index (χ3v) is 3.37. The molecule has 18 heavy (non-hydrogen) atoms. The van der Waals surface area contributed by atoms with E-state index in [-0.39, 0.29) is 5.91 Å². The molecule has 0 aliphatic carbocycles. The van der Waals surface area contributed by atoms with Gasteiger partial charge in [0.05, 0.1) is 10.7 Å². The molecule has 6 heteroatoms. The van der Waals surface area contributed by atoms with E-state index < -0.39 is 12.0 Å². The van der Waals surface area contributed by atoms with Gasteiger partial charge in [-0.3, -0.25) is 4.79 Å². The van der Waals surface area contributed by atoms with Crippen LogP contribution in [0.4, 0.5) is 5.69 Å². The van der Waals surface area contributed by atoms with E-state index in [1.165, 1.54) is 11.0 Å². The molecule has 96 valence electrons. The number of likely N-dealkylation sites (tertiary alicyclic amines) is 1. The van der Waals surface area contributed by atoms with Crippen LogP contribution in [-0.2, 0) is 4.79 Å². The lowest BCUT2D eigenvalue weighted by Gasteiger charge is -2.21. The summed E-state index contributed by atoms with van der Waals surface area (Å²) in [6.07, 6.45) is 1.19. The summed E-state index contributed by atoms with van der Waals surface area (Å²) in [6, 6.07) is 3.83. The third-order valence-electron chi connectivity index (χ3n) is 3.05. The molecule has 0 radical (unpaired) electrons. The van der Waals surface area contributed by atoms with Crippen molar-refractivity contribution < 1.29 is 14.7 Å². The molecular formula is C12H13ClN2O3. The number of nitrogens with zero attached hydrogens (tertiary/aromatic N) is 1. The minimum Gasteiger partial charge on any atom is -0.480 e. The number of carboxylic acid groups (broad SMARTS) is 1. The molecule has 1 fully saturated rings. The second kappa shape index (κ2) is 4.86. The van der Waals surface area contributed by atoms with Crippen molar-refractivity contribution in [2.45, 2.75) is 18.9 Å². The van der Waals surface area contributed by atoms with E-state index in [1.54, 1.807) is 12.1 Å². The Morgan fingerprint density at radius 3 is 2.78 bits per heavy atom. The van der Waals surface area contributed by atoms with Crippen LogP contribution in [0, 0.1) is 0 Å². The van der Waals surface area contributed by atoms with E-state index in [1.807, 2.05) is 0 Å². The maximum absolute atomic E-state index is 12.2. The van der Waals surface area contributed by atoms with E-state index in [9.17, 15) is 9.59 Å². The molecule has 1 aliphatic heterocycles. The average molecular weight is 269 g/mol. The highest BCUT2D eigenvalue weighted by Crippen LogP contribution is 2.24. The van der Waals surface area contributed by atoms with Gasteiger partial charge >= 0.3 is 5.97 Å². The summed E-state index contributed by atoms with van der Waals surface area (Å²) in [6.45, 7) is 0.456. The molecule has 1 saturated heterocycles. The van der Waals surface area contributed by atoms with Crippen molar-refractivity contribution in [3.63, 3.8) is 0 Å². The Morgan fingerprint density at radius 1 is 1.44 bits per heavy atom. The van der Waals surface area contributed by atoms with Gasteiger partial charge in [-0.2, -0.15) is 0 Å². The van der Waals surface area contributed by atoms with Crippen LogP contribution in [0.1, 0.15) is 23.2 Å². The summed E-state index contributed by atoms with van der Waals surface area (Å²) in [7, 11) is 0. The maximum Gasteiger partial charge on any atom is 0.326 e. The molecule has 0 unspecified atom stereocenters. The third kappa shape index (κ3) is 2.26. The van der Waals surface area contributed by atoms with Gasteiger partial charge in [0.25, 0.3) is 5.91 Å². The molecular weight excluding hydrogens is 256 g/mol.